The van der Waals surface area contributed by atoms with Crippen molar-refractivity contribution in [3.05, 3.63) is 16.3 Å². The summed E-state index contributed by atoms with van der Waals surface area (Å²) < 4.78 is 0. The van der Waals surface area contributed by atoms with E-state index in [0.717, 1.165) is 21.1 Å². The van der Waals surface area contributed by atoms with Crippen molar-refractivity contribution in [3.63, 3.8) is 0 Å². The molecule has 4 nitrogen and oxygen atoms in total. The predicted molar refractivity (Wildman–Crippen MR) is 81.0 cm³/mol. The molecule has 102 valence electrons. The van der Waals surface area contributed by atoms with Gasteiger partial charge in [-0.3, -0.25) is 4.79 Å². The molecule has 1 N–H and O–H groups in total. The lowest BCUT2D eigenvalue weighted by Gasteiger charge is -2.10. The second-order valence-corrected chi connectivity index (χ2v) is 6.95. The Hall–Kier alpha value is -1.14. The topological polar surface area (TPSA) is 54.9 Å². The highest BCUT2D eigenvalue weighted by Crippen LogP contribution is 2.36. The minimum absolute atomic E-state index is 0.0130. The fraction of sp³-hybridized carbons (Fsp3) is 0.462. The molecule has 0 radical (unpaired) electrons. The van der Waals surface area contributed by atoms with Crippen LogP contribution in [0, 0.1) is 20.8 Å². The molecule has 0 saturated carbocycles. The van der Waals surface area contributed by atoms with Crippen molar-refractivity contribution >= 4 is 39.2 Å². The molecular weight excluding hydrogens is 278 g/mol. The first-order valence-electron chi connectivity index (χ1n) is 6.06. The van der Waals surface area contributed by atoms with E-state index < -0.39 is 0 Å². The van der Waals surface area contributed by atoms with E-state index in [2.05, 4.69) is 29.1 Å². The first kappa shape index (κ1) is 14.3. The number of fused-ring (bicyclic) bond motifs is 1. The van der Waals surface area contributed by atoms with E-state index in [4.69, 9.17) is 0 Å². The van der Waals surface area contributed by atoms with Gasteiger partial charge >= 0.3 is 0 Å². The Labute approximate surface area is 121 Å². The molecule has 2 aromatic heterocycles. The van der Waals surface area contributed by atoms with Gasteiger partial charge in [-0.25, -0.2) is 9.97 Å². The second kappa shape index (κ2) is 5.46. The fourth-order valence-corrected chi connectivity index (χ4v) is 4.08. The van der Waals surface area contributed by atoms with Gasteiger partial charge in [0.1, 0.15) is 15.7 Å². The summed E-state index contributed by atoms with van der Waals surface area (Å²) in [4.78, 5) is 22.9. The molecule has 0 aliphatic heterocycles. The van der Waals surface area contributed by atoms with Crippen LogP contribution < -0.4 is 5.32 Å². The Balaban J connectivity index is 2.50. The van der Waals surface area contributed by atoms with Gasteiger partial charge < -0.3 is 5.32 Å². The molecule has 0 aliphatic carbocycles. The summed E-state index contributed by atoms with van der Waals surface area (Å²) in [7, 11) is 1.65. The van der Waals surface area contributed by atoms with Gasteiger partial charge in [0, 0.05) is 17.3 Å². The highest BCUT2D eigenvalue weighted by molar-refractivity contribution is 8.00. The molecule has 2 heterocycles. The number of thiophene rings is 1. The van der Waals surface area contributed by atoms with Gasteiger partial charge in [-0.15, -0.1) is 11.3 Å². The third-order valence-electron chi connectivity index (χ3n) is 3.01. The Morgan fingerprint density at radius 3 is 2.63 bits per heavy atom. The number of aromatic nitrogens is 2. The molecule has 0 aliphatic rings. The van der Waals surface area contributed by atoms with Crippen LogP contribution in [0.4, 0.5) is 0 Å². The monoisotopic (exact) mass is 295 g/mol. The molecule has 2 rings (SSSR count). The number of carbonyl (C=O) groups is 1. The van der Waals surface area contributed by atoms with Gasteiger partial charge in [0.05, 0.1) is 5.25 Å². The summed E-state index contributed by atoms with van der Waals surface area (Å²) in [5.74, 6) is 0.763. The zero-order chi connectivity index (χ0) is 14.2. The van der Waals surface area contributed by atoms with Gasteiger partial charge in [0.25, 0.3) is 0 Å². The number of aryl methyl sites for hydroxylation is 3. The number of nitrogens with one attached hydrogen (secondary N) is 1. The molecule has 1 amide bonds. The molecule has 0 aromatic carbocycles. The van der Waals surface area contributed by atoms with Crippen LogP contribution in [-0.2, 0) is 4.79 Å². The largest absolute Gasteiger partial charge is 0.358 e. The predicted octanol–water partition coefficient (Wildman–Crippen LogP) is 2.84. The Bertz CT molecular complexity index is 636. The highest BCUT2D eigenvalue weighted by atomic mass is 32.2. The summed E-state index contributed by atoms with van der Waals surface area (Å²) in [6.07, 6.45) is 0. The van der Waals surface area contributed by atoms with E-state index in [-0.39, 0.29) is 11.2 Å². The number of rotatable bonds is 3. The molecule has 0 fully saturated rings. The lowest BCUT2D eigenvalue weighted by molar-refractivity contribution is -0.119. The Kier molecular flexibility index (Phi) is 4.10. The van der Waals surface area contributed by atoms with E-state index in [1.54, 1.807) is 18.4 Å². The summed E-state index contributed by atoms with van der Waals surface area (Å²) in [6, 6.07) is 0. The average Bonchev–Trinajstić information content (AvgIpc) is 2.63. The van der Waals surface area contributed by atoms with Crippen molar-refractivity contribution in [1.82, 2.24) is 15.3 Å². The van der Waals surface area contributed by atoms with E-state index in [0.29, 0.717) is 0 Å². The van der Waals surface area contributed by atoms with Crippen molar-refractivity contribution in [2.24, 2.45) is 0 Å². The third kappa shape index (κ3) is 2.74. The molecule has 0 bridgehead atoms. The van der Waals surface area contributed by atoms with Gasteiger partial charge in [0.15, 0.2) is 0 Å². The van der Waals surface area contributed by atoms with Gasteiger partial charge in [-0.2, -0.15) is 0 Å². The highest BCUT2D eigenvalue weighted by Gasteiger charge is 2.19. The summed E-state index contributed by atoms with van der Waals surface area (Å²) in [5, 5.41) is 4.50. The summed E-state index contributed by atoms with van der Waals surface area (Å²) in [5.41, 5.74) is 1.21. The van der Waals surface area contributed by atoms with Crippen LogP contribution in [0.5, 0.6) is 0 Å². The fourth-order valence-electron chi connectivity index (χ4n) is 1.82. The van der Waals surface area contributed by atoms with Crippen molar-refractivity contribution in [2.75, 3.05) is 7.05 Å². The van der Waals surface area contributed by atoms with Gasteiger partial charge in [-0.1, -0.05) is 11.8 Å². The minimum atomic E-state index is -0.165. The standard InChI is InChI=1S/C13H17N3OS2/c1-6-7(2)18-12-10(6)13(16-9(4)15-12)19-8(3)11(17)14-5/h8H,1-5H3,(H,14,17)/t8-/m0/s1. The minimum Gasteiger partial charge on any atom is -0.358 e. The molecule has 2 aromatic rings. The number of nitrogens with zero attached hydrogens (tertiary/aromatic N) is 2. The van der Waals surface area contributed by atoms with Crippen LogP contribution >= 0.6 is 23.1 Å². The van der Waals surface area contributed by atoms with Gasteiger partial charge in [-0.05, 0) is 33.3 Å². The Morgan fingerprint density at radius 1 is 1.32 bits per heavy atom. The second-order valence-electron chi connectivity index (χ2n) is 4.41. The number of thioether (sulfide) groups is 1. The number of carbonyl (C=O) groups excluding carboxylic acids is 1. The SMILES string of the molecule is CNC(=O)[C@H](C)Sc1nc(C)nc2sc(C)c(C)c12. The van der Waals surface area contributed by atoms with Crippen molar-refractivity contribution in [1.29, 1.82) is 0 Å². The maximum absolute atomic E-state index is 11.7. The van der Waals surface area contributed by atoms with Crippen LogP contribution in [0.25, 0.3) is 10.2 Å². The zero-order valence-electron chi connectivity index (χ0n) is 11.7. The van der Waals surface area contributed by atoms with Crippen molar-refractivity contribution < 1.29 is 4.79 Å². The molecule has 0 spiro atoms. The number of amides is 1. The van der Waals surface area contributed by atoms with E-state index in [1.165, 1.54) is 22.2 Å². The molecular formula is C13H17N3OS2. The van der Waals surface area contributed by atoms with Crippen LogP contribution in [0.15, 0.2) is 5.03 Å². The van der Waals surface area contributed by atoms with Crippen molar-refractivity contribution in [2.45, 2.75) is 38.0 Å². The molecule has 19 heavy (non-hydrogen) atoms. The van der Waals surface area contributed by atoms with Gasteiger partial charge in [0.2, 0.25) is 5.91 Å². The van der Waals surface area contributed by atoms with E-state index >= 15 is 0 Å². The molecule has 1 atom stereocenters. The Morgan fingerprint density at radius 2 is 2.00 bits per heavy atom. The van der Waals surface area contributed by atoms with Crippen LogP contribution in [0.1, 0.15) is 23.2 Å². The normalized spacial score (nSPS) is 12.7. The third-order valence-corrected chi connectivity index (χ3v) is 5.20. The molecule has 0 saturated heterocycles. The van der Waals surface area contributed by atoms with Crippen LogP contribution in [0.3, 0.4) is 0 Å². The van der Waals surface area contributed by atoms with E-state index in [1.807, 2.05) is 13.8 Å². The van der Waals surface area contributed by atoms with E-state index in [9.17, 15) is 4.79 Å². The molecule has 0 unspecified atom stereocenters. The summed E-state index contributed by atoms with van der Waals surface area (Å²) in [6.45, 7) is 7.95. The quantitative estimate of drug-likeness (QED) is 0.699. The maximum atomic E-state index is 11.7. The smallest absolute Gasteiger partial charge is 0.233 e. The van der Waals surface area contributed by atoms with Crippen LogP contribution in [-0.4, -0.2) is 28.2 Å². The zero-order valence-corrected chi connectivity index (χ0v) is 13.3. The summed E-state index contributed by atoms with van der Waals surface area (Å²) >= 11 is 3.17. The average molecular weight is 295 g/mol. The lowest BCUT2D eigenvalue weighted by Crippen LogP contribution is -2.27. The first-order chi connectivity index (χ1) is 8.93. The number of hydrogen-bond donors (Lipinski definition) is 1. The van der Waals surface area contributed by atoms with Crippen molar-refractivity contribution in [3.8, 4) is 0 Å². The lowest BCUT2D eigenvalue weighted by atomic mass is 10.2. The first-order valence-corrected chi connectivity index (χ1v) is 7.76. The molecule has 6 heteroatoms. The number of hydrogen-bond acceptors (Lipinski definition) is 5. The maximum Gasteiger partial charge on any atom is 0.233 e. The van der Waals surface area contributed by atoms with Crippen LogP contribution in [0.2, 0.25) is 0 Å².